The Morgan fingerprint density at radius 2 is 0.731 bits per heavy atom. The van der Waals surface area contributed by atoms with Crippen molar-refractivity contribution in [1.82, 2.24) is 0 Å². The van der Waals surface area contributed by atoms with E-state index in [1.807, 2.05) is 204 Å². The Bertz CT molecular complexity index is 4880. The van der Waals surface area contributed by atoms with Gasteiger partial charge in [-0.1, -0.05) is 149 Å². The summed E-state index contributed by atoms with van der Waals surface area (Å²) < 4.78 is 147. The number of para-hydroxylation sites is 1. The summed E-state index contributed by atoms with van der Waals surface area (Å²) in [6.45, 7) is 27.5. The number of phenolic OH excluding ortho intramolecular Hbond substituents is 1. The first-order chi connectivity index (χ1) is 61.0. The lowest BCUT2D eigenvalue weighted by atomic mass is 10.0. The summed E-state index contributed by atoms with van der Waals surface area (Å²) in [5.41, 5.74) is 7.52. The molecular weight excluding hydrogens is 1760 g/mol. The zero-order valence-electron chi connectivity index (χ0n) is 85.3. The van der Waals surface area contributed by atoms with Crippen molar-refractivity contribution in [2.75, 3.05) is 105 Å². The van der Waals surface area contributed by atoms with Crippen molar-refractivity contribution < 1.29 is 73.7 Å². The van der Waals surface area contributed by atoms with E-state index in [0.29, 0.717) is 33.1 Å². The second-order valence-electron chi connectivity index (χ2n) is 25.7. The van der Waals surface area contributed by atoms with Gasteiger partial charge in [-0.05, 0) is 271 Å². The fourth-order valence-electron chi connectivity index (χ4n) is 10.1. The van der Waals surface area contributed by atoms with Gasteiger partial charge in [-0.2, -0.15) is 0 Å². The van der Waals surface area contributed by atoms with Gasteiger partial charge in [-0.25, -0.2) is 0 Å². The Morgan fingerprint density at radius 3 is 1.11 bits per heavy atom. The smallest absolute Gasteiger partial charge is 0.134 e. The third kappa shape index (κ3) is 41.2. The number of thioether (sulfide) groups is 6. The summed E-state index contributed by atoms with van der Waals surface area (Å²) in [5.74, 6) is 10.5. The maximum Gasteiger partial charge on any atom is 0.134 e. The average Bonchev–Trinajstić information content (AvgIpc) is 0.832. The molecule has 652 valence electrons. The number of nitrogens with two attached hydrogens (primary N) is 1. The molecule has 0 bridgehead atoms. The quantitative estimate of drug-likeness (QED) is 0.0250. The largest absolute Gasteiger partial charge is 0.507 e. The number of aryl methyl sites for hydroxylation is 4. The maximum atomic E-state index is 9.70. The van der Waals surface area contributed by atoms with Crippen LogP contribution in [0.5, 0.6) is 74.7 Å². The van der Waals surface area contributed by atoms with Gasteiger partial charge in [0.2, 0.25) is 0 Å². The van der Waals surface area contributed by atoms with Gasteiger partial charge >= 0.3 is 0 Å². The number of methoxy groups -OCH3 is 10. The average molecular weight is 1900 g/mol. The molecule has 119 heavy (non-hydrogen) atoms. The van der Waals surface area contributed by atoms with Crippen LogP contribution in [-0.4, -0.2) is 110 Å². The van der Waals surface area contributed by atoms with Crippen molar-refractivity contribution in [3.8, 4) is 74.7 Å². The number of alkyl halides is 2. The second kappa shape index (κ2) is 63.1. The molecule has 10 rings (SSSR count). The van der Waals surface area contributed by atoms with Crippen molar-refractivity contribution >= 4 is 114 Å². The van der Waals surface area contributed by atoms with E-state index in [0.717, 1.165) is 161 Å². The molecule has 3 N–H and O–H groups in total. The molecule has 0 spiro atoms. The lowest BCUT2D eigenvalue weighted by molar-refractivity contribution is 0.392. The number of aromatic hydroxyl groups is 1. The van der Waals surface area contributed by atoms with Gasteiger partial charge in [0.25, 0.3) is 0 Å². The Kier molecular flexibility index (Phi) is 46.9. The van der Waals surface area contributed by atoms with E-state index in [1.165, 1.54) is 85.8 Å². The third-order valence-corrected chi connectivity index (χ3v) is 23.0. The topological polar surface area (TPSA) is 148 Å². The van der Waals surface area contributed by atoms with Crippen LogP contribution in [0.25, 0.3) is 0 Å². The molecule has 0 amide bonds. The second-order valence-corrected chi connectivity index (χ2v) is 33.5. The number of hydrogen-bond donors (Lipinski definition) is 2. The highest BCUT2D eigenvalue weighted by Crippen LogP contribution is 2.38. The number of benzene rings is 10. The van der Waals surface area contributed by atoms with E-state index in [2.05, 4.69) is 59.6 Å². The highest BCUT2D eigenvalue weighted by molar-refractivity contribution is 9.08. The summed E-state index contributed by atoms with van der Waals surface area (Å²) in [4.78, 5) is 5.31. The Morgan fingerprint density at radius 1 is 0.378 bits per heavy atom. The molecule has 0 aliphatic carbocycles. The number of hydrogen-bond acceptors (Lipinski definition) is 19. The van der Waals surface area contributed by atoms with Crippen molar-refractivity contribution in [1.29, 1.82) is 0 Å². The van der Waals surface area contributed by atoms with Crippen LogP contribution in [0.3, 0.4) is 0 Å². The SMILES string of the molecule is COc1ccc(C)c(Cl)c1.COc1ccc(C)c(OC)c1.COc1ccc(C)c(Oc2ccccc2)c1.[1H][13C@@]([2H])(C)Sc1c(C)cc(OC)cc1O.[1H][13C@@]([2H])(C)Sc1ccc(OC)cc1CBr.[1H][13C@@]([2H])(C)Sc1ccc(OC)cc1CBr.[1H][13C]([1H])(C)Sc1ccc(OC)cc1C(C)C.[1H][13C]([1H])(C)Sc1ccc(OC)cc1C(C)N.[1H][13C]([1H])(C)Sc1ccc(OC)cc1CC(C)C. The fourth-order valence-corrected chi connectivity index (χ4v) is 15.6. The first-order valence-corrected chi connectivity index (χ1v) is 45.2. The maximum absolute atomic E-state index is 9.70. The molecule has 10 aromatic carbocycles. The van der Waals surface area contributed by atoms with Crippen LogP contribution >= 0.6 is 114 Å². The highest BCUT2D eigenvalue weighted by Gasteiger charge is 2.13. The van der Waals surface area contributed by atoms with Gasteiger partial charge in [0.15, 0.2) is 0 Å². The van der Waals surface area contributed by atoms with Crippen LogP contribution in [0, 0.1) is 33.6 Å². The minimum Gasteiger partial charge on any atom is -0.507 e. The molecular formula is C97H130Br2ClNO12S6. The lowest BCUT2D eigenvalue weighted by Crippen LogP contribution is -2.06. The van der Waals surface area contributed by atoms with Crippen LogP contribution in [-0.2, 0) is 17.1 Å². The Balaban J connectivity index is 0.000000500. The van der Waals surface area contributed by atoms with Crippen molar-refractivity contribution in [3.05, 3.63) is 243 Å². The lowest BCUT2D eigenvalue weighted by Gasteiger charge is -2.13. The predicted molar refractivity (Wildman–Crippen MR) is 525 cm³/mol. The molecule has 0 heterocycles. The van der Waals surface area contributed by atoms with E-state index in [4.69, 9.17) is 85.9 Å². The van der Waals surface area contributed by atoms with E-state index in [1.54, 1.807) is 104 Å². The summed E-state index contributed by atoms with van der Waals surface area (Å²) in [6, 6.07) is 58.5. The van der Waals surface area contributed by atoms with E-state index >= 15 is 0 Å². The monoisotopic (exact) mass is 1890 g/mol. The van der Waals surface area contributed by atoms with Crippen molar-refractivity contribution in [2.45, 2.75) is 162 Å². The Labute approximate surface area is 779 Å². The number of halogens is 3. The zero-order valence-corrected chi connectivity index (χ0v) is 82.2. The highest BCUT2D eigenvalue weighted by atomic mass is 79.9. The summed E-state index contributed by atoms with van der Waals surface area (Å²) >= 11 is 19.7. The number of rotatable bonds is 30. The Hall–Kier alpha value is -6.89. The molecule has 13 nitrogen and oxygen atoms in total. The predicted octanol–water partition coefficient (Wildman–Crippen LogP) is 29.5. The van der Waals surface area contributed by atoms with Gasteiger partial charge in [-0.3, -0.25) is 0 Å². The third-order valence-electron chi connectivity index (χ3n) is 16.4. The van der Waals surface area contributed by atoms with Gasteiger partial charge in [0, 0.05) is 80.9 Å². The van der Waals surface area contributed by atoms with Gasteiger partial charge in [0.1, 0.15) is 74.7 Å². The van der Waals surface area contributed by atoms with Crippen LogP contribution < -0.4 is 57.8 Å². The van der Waals surface area contributed by atoms with Crippen molar-refractivity contribution in [2.24, 2.45) is 11.7 Å². The number of phenols is 1. The minimum atomic E-state index is -1.41. The molecule has 22 heteroatoms. The molecule has 1 unspecified atom stereocenters. The normalized spacial score (nSPS) is 13.8. The molecule has 0 aliphatic heterocycles. The summed E-state index contributed by atoms with van der Waals surface area (Å²) in [7, 11) is 16.3. The molecule has 0 radical (unpaired) electrons. The minimum absolute atomic E-state index is 0.0579. The molecule has 10 aromatic rings. The summed E-state index contributed by atoms with van der Waals surface area (Å²) in [5, 5.41) is 11.8. The molecule has 0 fully saturated rings. The summed E-state index contributed by atoms with van der Waals surface area (Å²) in [6.07, 6.45) is 0.940. The van der Waals surface area contributed by atoms with Gasteiger partial charge < -0.3 is 62.9 Å². The van der Waals surface area contributed by atoms with Crippen LogP contribution in [0.4, 0.5) is 0 Å². The van der Waals surface area contributed by atoms with Crippen molar-refractivity contribution in [3.63, 3.8) is 0 Å². The van der Waals surface area contributed by atoms with E-state index < -0.39 is 34.2 Å². The first kappa shape index (κ1) is 88.4. The number of ether oxygens (including phenoxy) is 11. The van der Waals surface area contributed by atoms with Crippen LogP contribution in [0.2, 0.25) is 5.02 Å². The van der Waals surface area contributed by atoms with Gasteiger partial charge in [0.05, 0.1) is 76.0 Å². The van der Waals surface area contributed by atoms with E-state index in [-0.39, 0.29) is 11.8 Å². The molecule has 0 saturated heterocycles. The van der Waals surface area contributed by atoms with Crippen LogP contribution in [0.15, 0.2) is 217 Å². The van der Waals surface area contributed by atoms with E-state index in [9.17, 15) is 5.11 Å². The molecule has 0 aliphatic rings. The van der Waals surface area contributed by atoms with Gasteiger partial charge in [-0.15, -0.1) is 70.6 Å². The fraction of sp³-hybridized carbons (Fsp3) is 0.381. The zero-order chi connectivity index (χ0) is 99.5. The molecule has 0 saturated carbocycles. The van der Waals surface area contributed by atoms with Crippen LogP contribution in [0.1, 0.15) is 155 Å². The molecule has 4 atom stereocenters. The standard InChI is InChI=1S/C14H14O2.C13H20OS.C12H18OS.C11H17NOS.2C10H13BrOS.C10H14O2S.C9H12O2.C8H9ClO/c1-11-8-9-13(15-2)10-14(11)16-12-6-4-3-5-7-12;1-5-15-13-7-6-12(14-4)9-11(13)8-10(2)3;1-5-14-12-7-6-10(13-4)8-11(12)9(2)3;1-4-14-11-6-5-9(13-3)7-10(11)8(2)12;2*1-3-13-10-5-4-9(12-2)6-8(10)7-11;1-4-13-10-7(2)5-8(12-3)6-9(10)11;1-7-4-5-8(10-2)6-9(7)11-3;1-6-3-4-7(10-2)5-8(6)9/h3-10H,1-2H3;6-7,9-10H,5,8H2,1-4H3;6-9H,5H2,1-4H3;5-8H,4,12H2,1-3H3;2*4-6H,3,7H2,1-2H3;5-6,11H,4H2,1-3H3;4-6H,1-3H3;3-5H,1-2H3/i;2*5+1H2;4+1H2;2*3+1DH;4+1DH;;/t;;;;2*3-;4-;;/m....111../s1. The molecule has 0 aromatic heterocycles. The first-order valence-electron chi connectivity index (χ1n) is 43.7.